The Bertz CT molecular complexity index is 1180. The van der Waals surface area contributed by atoms with Gasteiger partial charge < -0.3 is 15.2 Å². The van der Waals surface area contributed by atoms with Crippen molar-refractivity contribution in [1.29, 1.82) is 0 Å². The van der Waals surface area contributed by atoms with Crippen LogP contribution in [0.15, 0.2) is 60.2 Å². The molecule has 0 unspecified atom stereocenters. The lowest BCUT2D eigenvalue weighted by Crippen LogP contribution is -2.46. The summed E-state index contributed by atoms with van der Waals surface area (Å²) in [6.45, 7) is 1.18. The maximum absolute atomic E-state index is 13.3. The summed E-state index contributed by atoms with van der Waals surface area (Å²) in [4.78, 5) is 32.1. The van der Waals surface area contributed by atoms with Crippen molar-refractivity contribution in [3.63, 3.8) is 0 Å². The number of amides is 2. The highest BCUT2D eigenvalue weighted by Gasteiger charge is 2.34. The van der Waals surface area contributed by atoms with Crippen molar-refractivity contribution in [1.82, 2.24) is 25.0 Å². The number of nitrogens with zero attached hydrogens (tertiary/aromatic N) is 3. The van der Waals surface area contributed by atoms with E-state index in [-0.39, 0.29) is 18.4 Å². The molecule has 7 nitrogen and oxygen atoms in total. The number of hydrogen-bond donors (Lipinski definition) is 2. The Kier molecular flexibility index (Phi) is 4.40. The van der Waals surface area contributed by atoms with Crippen molar-refractivity contribution in [2.24, 2.45) is 0 Å². The summed E-state index contributed by atoms with van der Waals surface area (Å²) in [5.41, 5.74) is 2.38. The molecule has 1 aliphatic heterocycles. The van der Waals surface area contributed by atoms with Gasteiger partial charge in [-0.3, -0.25) is 14.3 Å². The largest absolute Gasteiger partial charge is 0.360 e. The highest BCUT2D eigenvalue weighted by atomic mass is 32.1. The molecule has 3 aromatic heterocycles. The Morgan fingerprint density at radius 3 is 2.97 bits per heavy atom. The summed E-state index contributed by atoms with van der Waals surface area (Å²) in [6.07, 6.45) is 3.42. The normalized spacial score (nSPS) is 16.0. The Balaban J connectivity index is 1.39. The zero-order valence-corrected chi connectivity index (χ0v) is 16.4. The van der Waals surface area contributed by atoms with Gasteiger partial charge in [0.05, 0.1) is 30.9 Å². The minimum Gasteiger partial charge on any atom is -0.360 e. The molecule has 4 heterocycles. The first-order valence-corrected chi connectivity index (χ1v) is 10.3. The van der Waals surface area contributed by atoms with Crippen LogP contribution in [0.5, 0.6) is 0 Å². The van der Waals surface area contributed by atoms with Gasteiger partial charge in [-0.05, 0) is 23.6 Å². The van der Waals surface area contributed by atoms with E-state index in [0.29, 0.717) is 18.7 Å². The molecule has 0 bridgehead atoms. The van der Waals surface area contributed by atoms with Crippen molar-refractivity contribution >= 4 is 34.1 Å². The summed E-state index contributed by atoms with van der Waals surface area (Å²) < 4.78 is 1.72. The standard InChI is InChI=1S/C21H19N5O2S/c27-20(23-10-15-4-3-9-29-15)19-13-25(12-14-7-8-24-26(14)19)21(28)17-11-22-18-6-2-1-5-16(17)18/h1-9,11,19,22H,10,12-13H2,(H,23,27)/t19-/m1/s1. The fourth-order valence-corrected chi connectivity index (χ4v) is 4.41. The molecule has 0 saturated carbocycles. The number of hydrogen-bond acceptors (Lipinski definition) is 4. The van der Waals surface area contributed by atoms with Crippen LogP contribution >= 0.6 is 11.3 Å². The third-order valence-corrected chi connectivity index (χ3v) is 6.10. The van der Waals surface area contributed by atoms with E-state index in [1.165, 1.54) is 0 Å². The van der Waals surface area contributed by atoms with Crippen molar-refractivity contribution in [2.75, 3.05) is 6.54 Å². The van der Waals surface area contributed by atoms with Gasteiger partial charge in [-0.15, -0.1) is 11.3 Å². The molecule has 8 heteroatoms. The van der Waals surface area contributed by atoms with E-state index >= 15 is 0 Å². The summed E-state index contributed by atoms with van der Waals surface area (Å²) in [7, 11) is 0. The predicted molar refractivity (Wildman–Crippen MR) is 110 cm³/mol. The molecule has 1 aromatic carbocycles. The monoisotopic (exact) mass is 405 g/mol. The molecule has 4 aromatic rings. The summed E-state index contributed by atoms with van der Waals surface area (Å²) in [5, 5.41) is 10.2. The lowest BCUT2D eigenvalue weighted by Gasteiger charge is -2.33. The minimum absolute atomic E-state index is 0.0917. The van der Waals surface area contributed by atoms with E-state index in [0.717, 1.165) is 21.5 Å². The fourth-order valence-electron chi connectivity index (χ4n) is 3.77. The number of para-hydroxylation sites is 1. The first kappa shape index (κ1) is 17.7. The maximum Gasteiger partial charge on any atom is 0.256 e. The van der Waals surface area contributed by atoms with Crippen molar-refractivity contribution in [2.45, 2.75) is 19.1 Å². The van der Waals surface area contributed by atoms with Gasteiger partial charge in [-0.2, -0.15) is 5.10 Å². The minimum atomic E-state index is -0.553. The van der Waals surface area contributed by atoms with E-state index in [4.69, 9.17) is 0 Å². The molecule has 1 aliphatic rings. The average molecular weight is 405 g/mol. The molecular formula is C21H19N5O2S. The molecule has 0 fully saturated rings. The number of carbonyl (C=O) groups is 2. The van der Waals surface area contributed by atoms with Crippen LogP contribution in [0.4, 0.5) is 0 Å². The zero-order chi connectivity index (χ0) is 19.8. The van der Waals surface area contributed by atoms with Crippen LogP contribution in [0.3, 0.4) is 0 Å². The van der Waals surface area contributed by atoms with Gasteiger partial charge in [0, 0.05) is 28.2 Å². The Morgan fingerprint density at radius 1 is 1.21 bits per heavy atom. The number of carbonyl (C=O) groups excluding carboxylic acids is 2. The van der Waals surface area contributed by atoms with Crippen molar-refractivity contribution in [3.05, 3.63) is 76.4 Å². The van der Waals surface area contributed by atoms with Gasteiger partial charge in [0.25, 0.3) is 5.91 Å². The highest BCUT2D eigenvalue weighted by molar-refractivity contribution is 7.09. The SMILES string of the molecule is O=C(NCc1cccs1)[C@H]1CN(C(=O)c2c[nH]c3ccccc23)Cc2ccnn21. The first-order valence-electron chi connectivity index (χ1n) is 9.38. The molecule has 29 heavy (non-hydrogen) atoms. The maximum atomic E-state index is 13.3. The van der Waals surface area contributed by atoms with Crippen LogP contribution in [-0.2, 0) is 17.9 Å². The lowest BCUT2D eigenvalue weighted by molar-refractivity contribution is -0.125. The highest BCUT2D eigenvalue weighted by Crippen LogP contribution is 2.25. The molecule has 0 aliphatic carbocycles. The van der Waals surface area contributed by atoms with E-state index in [2.05, 4.69) is 15.4 Å². The van der Waals surface area contributed by atoms with Crippen LogP contribution in [0.2, 0.25) is 0 Å². The number of H-pyrrole nitrogens is 1. The predicted octanol–water partition coefficient (Wildman–Crippen LogP) is 2.94. The quantitative estimate of drug-likeness (QED) is 0.548. The average Bonchev–Trinajstić information content (AvgIpc) is 3.51. The number of fused-ring (bicyclic) bond motifs is 2. The smallest absolute Gasteiger partial charge is 0.256 e. The third kappa shape index (κ3) is 3.21. The molecular weight excluding hydrogens is 386 g/mol. The van der Waals surface area contributed by atoms with Crippen molar-refractivity contribution < 1.29 is 9.59 Å². The molecule has 0 saturated heterocycles. The second-order valence-electron chi connectivity index (χ2n) is 7.01. The second kappa shape index (κ2) is 7.21. The molecule has 5 rings (SSSR count). The van der Waals surface area contributed by atoms with Crippen LogP contribution in [0.25, 0.3) is 10.9 Å². The lowest BCUT2D eigenvalue weighted by atomic mass is 10.1. The van der Waals surface area contributed by atoms with Crippen LogP contribution in [0.1, 0.15) is 27.0 Å². The number of benzene rings is 1. The number of aromatic amines is 1. The van der Waals surface area contributed by atoms with E-state index < -0.39 is 6.04 Å². The Morgan fingerprint density at radius 2 is 2.10 bits per heavy atom. The first-order chi connectivity index (χ1) is 14.2. The Hall–Kier alpha value is -3.39. The van der Waals surface area contributed by atoms with E-state index in [1.54, 1.807) is 33.3 Å². The topological polar surface area (TPSA) is 83.0 Å². The van der Waals surface area contributed by atoms with Crippen molar-refractivity contribution in [3.8, 4) is 0 Å². The number of nitrogens with one attached hydrogen (secondary N) is 2. The molecule has 2 N–H and O–H groups in total. The van der Waals surface area contributed by atoms with Gasteiger partial charge in [0.2, 0.25) is 5.91 Å². The van der Waals surface area contributed by atoms with Gasteiger partial charge >= 0.3 is 0 Å². The molecule has 146 valence electrons. The summed E-state index contributed by atoms with van der Waals surface area (Å²) in [5.74, 6) is -0.231. The fraction of sp³-hybridized carbons (Fsp3) is 0.190. The zero-order valence-electron chi connectivity index (χ0n) is 15.5. The Labute approximate surface area is 171 Å². The number of aromatic nitrogens is 3. The van der Waals surface area contributed by atoms with E-state index in [1.807, 2.05) is 47.8 Å². The van der Waals surface area contributed by atoms with Gasteiger partial charge in [0.1, 0.15) is 6.04 Å². The van der Waals surface area contributed by atoms with Crippen LogP contribution < -0.4 is 5.32 Å². The summed E-state index contributed by atoms with van der Waals surface area (Å²) in [6, 6.07) is 13.0. The van der Waals surface area contributed by atoms with E-state index in [9.17, 15) is 9.59 Å². The number of rotatable bonds is 4. The van der Waals surface area contributed by atoms with Gasteiger partial charge in [-0.25, -0.2) is 0 Å². The molecule has 2 amide bonds. The van der Waals surface area contributed by atoms with Crippen LogP contribution in [-0.4, -0.2) is 38.0 Å². The molecule has 1 atom stereocenters. The molecule has 0 radical (unpaired) electrons. The van der Waals surface area contributed by atoms with Gasteiger partial charge in [0.15, 0.2) is 0 Å². The second-order valence-corrected chi connectivity index (χ2v) is 8.05. The summed E-state index contributed by atoms with van der Waals surface area (Å²) >= 11 is 1.60. The van der Waals surface area contributed by atoms with Crippen LogP contribution in [0, 0.1) is 0 Å². The number of thiophene rings is 1. The molecule has 0 spiro atoms. The van der Waals surface area contributed by atoms with Gasteiger partial charge in [-0.1, -0.05) is 24.3 Å². The third-order valence-electron chi connectivity index (χ3n) is 5.22.